The third kappa shape index (κ3) is 11.5. The molecule has 0 aliphatic heterocycles. The number of rotatable bonds is 2. The minimum Gasteiger partial charge on any atom is -0.480 e. The van der Waals surface area contributed by atoms with E-state index in [1.54, 1.807) is 13.8 Å². The van der Waals surface area contributed by atoms with Gasteiger partial charge in [-0.15, -0.1) is 5.92 Å². The molecule has 0 bridgehead atoms. The summed E-state index contributed by atoms with van der Waals surface area (Å²) in [6, 6.07) is -0.713. The van der Waals surface area contributed by atoms with Gasteiger partial charge in [-0.05, 0) is 12.8 Å². The summed E-state index contributed by atoms with van der Waals surface area (Å²) in [5, 5.41) is 9.02. The molecule has 0 aromatic rings. The van der Waals surface area contributed by atoms with E-state index in [1.807, 2.05) is 6.92 Å². The molecule has 3 nitrogen and oxygen atoms in total. The van der Waals surface area contributed by atoms with E-state index in [1.165, 1.54) is 0 Å². The van der Waals surface area contributed by atoms with Crippen molar-refractivity contribution < 1.29 is 9.90 Å². The van der Waals surface area contributed by atoms with Gasteiger partial charge in [0.25, 0.3) is 0 Å². The van der Waals surface area contributed by atoms with Gasteiger partial charge in [0.15, 0.2) is 0 Å². The highest BCUT2D eigenvalue weighted by atomic mass is 79.9. The number of carbonyl (C=O) groups is 1. The quantitative estimate of drug-likeness (QED) is 0.576. The van der Waals surface area contributed by atoms with Crippen LogP contribution in [0.15, 0.2) is 0 Å². The molecule has 0 heterocycles. The van der Waals surface area contributed by atoms with Crippen molar-refractivity contribution in [3.05, 3.63) is 0 Å². The number of hydrogen-bond acceptors (Lipinski definition) is 2. The zero-order valence-corrected chi connectivity index (χ0v) is 9.76. The van der Waals surface area contributed by atoms with Crippen LogP contribution < -0.4 is 5.73 Å². The summed E-state index contributed by atoms with van der Waals surface area (Å²) >= 11 is 3.14. The van der Waals surface area contributed by atoms with Gasteiger partial charge < -0.3 is 10.8 Å². The molecule has 0 spiro atoms. The Morgan fingerprint density at radius 1 is 1.62 bits per heavy atom. The minimum absolute atomic E-state index is 0.0208. The number of aliphatic carboxylic acids is 1. The average Bonchev–Trinajstić information content (AvgIpc) is 2.05. The first kappa shape index (κ1) is 15.0. The lowest BCUT2D eigenvalue weighted by atomic mass is 10.1. The molecule has 76 valence electrons. The van der Waals surface area contributed by atoms with E-state index in [0.717, 1.165) is 5.33 Å². The number of hydrogen-bond donors (Lipinski definition) is 2. The van der Waals surface area contributed by atoms with E-state index >= 15 is 0 Å². The van der Waals surface area contributed by atoms with Crippen LogP contribution in [0.4, 0.5) is 0 Å². The maximum atomic E-state index is 10.0. The predicted molar refractivity (Wildman–Crippen MR) is 57.7 cm³/mol. The summed E-state index contributed by atoms with van der Waals surface area (Å²) in [7, 11) is 0. The zero-order chi connectivity index (χ0) is 10.9. The van der Waals surface area contributed by atoms with Gasteiger partial charge in [-0.3, -0.25) is 4.79 Å². The molecule has 13 heavy (non-hydrogen) atoms. The third-order valence-corrected chi connectivity index (χ3v) is 1.53. The number of alkyl halides is 1. The van der Waals surface area contributed by atoms with E-state index < -0.39 is 12.0 Å². The highest BCUT2D eigenvalue weighted by molar-refractivity contribution is 9.09. The van der Waals surface area contributed by atoms with E-state index in [-0.39, 0.29) is 5.92 Å². The zero-order valence-electron chi connectivity index (χ0n) is 8.17. The maximum absolute atomic E-state index is 10.0. The molecule has 0 fully saturated rings. The van der Waals surface area contributed by atoms with Gasteiger partial charge >= 0.3 is 5.97 Å². The maximum Gasteiger partial charge on any atom is 0.320 e. The summed E-state index contributed by atoms with van der Waals surface area (Å²) in [4.78, 5) is 10.0. The van der Waals surface area contributed by atoms with Gasteiger partial charge in [0.05, 0.1) is 5.33 Å². The molecule has 0 saturated heterocycles. The standard InChI is InChI=1S/C5H11NO2.C4H5Br/c1-3(2)4(6)5(7)8;1-2-3-4-5/h3-4H,6H2,1-2H3,(H,7,8);4H2,1H3/t4-;/m0./s1. The Hall–Kier alpha value is -0.530. The molecule has 3 N–H and O–H groups in total. The van der Waals surface area contributed by atoms with Crippen LogP contribution in [0, 0.1) is 17.8 Å². The Balaban J connectivity index is 0. The molecule has 4 heteroatoms. The molecule has 0 amide bonds. The van der Waals surface area contributed by atoms with Crippen LogP contribution >= 0.6 is 15.9 Å². The Kier molecular flexibility index (Phi) is 11.0. The molecular formula is C9H16BrNO2. The fourth-order valence-electron chi connectivity index (χ4n) is 0.352. The molecule has 0 unspecified atom stereocenters. The van der Waals surface area contributed by atoms with Crippen molar-refractivity contribution in [2.75, 3.05) is 5.33 Å². The molecular weight excluding hydrogens is 234 g/mol. The number of carboxylic acids is 1. The monoisotopic (exact) mass is 249 g/mol. The van der Waals surface area contributed by atoms with Gasteiger partial charge in [-0.2, -0.15) is 0 Å². The first-order valence-electron chi connectivity index (χ1n) is 3.91. The first-order chi connectivity index (χ1) is 5.97. The molecule has 1 atom stereocenters. The smallest absolute Gasteiger partial charge is 0.320 e. The normalized spacial score (nSPS) is 10.6. The predicted octanol–water partition coefficient (Wildman–Crippen LogP) is 1.46. The lowest BCUT2D eigenvalue weighted by Gasteiger charge is -2.07. The number of nitrogens with two attached hydrogens (primary N) is 1. The fraction of sp³-hybridized carbons (Fsp3) is 0.667. The van der Waals surface area contributed by atoms with Crippen LogP contribution in [-0.2, 0) is 4.79 Å². The van der Waals surface area contributed by atoms with E-state index in [2.05, 4.69) is 27.8 Å². The second-order valence-corrected chi connectivity index (χ2v) is 3.23. The highest BCUT2D eigenvalue weighted by Gasteiger charge is 2.14. The second-order valence-electron chi connectivity index (χ2n) is 2.67. The van der Waals surface area contributed by atoms with E-state index in [9.17, 15) is 4.79 Å². The van der Waals surface area contributed by atoms with Crippen molar-refractivity contribution in [1.82, 2.24) is 0 Å². The first-order valence-corrected chi connectivity index (χ1v) is 5.03. The Morgan fingerprint density at radius 3 is 2.08 bits per heavy atom. The summed E-state index contributed by atoms with van der Waals surface area (Å²) in [6.07, 6.45) is 0. The van der Waals surface area contributed by atoms with Crippen LogP contribution in [0.5, 0.6) is 0 Å². The van der Waals surface area contributed by atoms with Crippen molar-refractivity contribution >= 4 is 21.9 Å². The lowest BCUT2D eigenvalue weighted by molar-refractivity contribution is -0.139. The topological polar surface area (TPSA) is 63.3 Å². The van der Waals surface area contributed by atoms with Gasteiger partial charge in [0.2, 0.25) is 0 Å². The molecule has 0 saturated carbocycles. The number of carboxylic acid groups (broad SMARTS) is 1. The van der Waals surface area contributed by atoms with Gasteiger partial charge in [0, 0.05) is 0 Å². The highest BCUT2D eigenvalue weighted by Crippen LogP contribution is 1.96. The van der Waals surface area contributed by atoms with Gasteiger partial charge in [-0.1, -0.05) is 35.7 Å². The Morgan fingerprint density at radius 2 is 2.08 bits per heavy atom. The van der Waals surface area contributed by atoms with E-state index in [0.29, 0.717) is 0 Å². The van der Waals surface area contributed by atoms with Crippen molar-refractivity contribution in [2.45, 2.75) is 26.8 Å². The van der Waals surface area contributed by atoms with Crippen molar-refractivity contribution in [3.8, 4) is 11.8 Å². The second kappa shape index (κ2) is 9.56. The Labute approximate surface area is 87.8 Å². The SMILES string of the molecule is CC#CCBr.CC(C)[C@H](N)C(=O)O. The summed E-state index contributed by atoms with van der Waals surface area (Å²) in [5.74, 6) is 4.59. The summed E-state index contributed by atoms with van der Waals surface area (Å²) in [5.41, 5.74) is 5.16. The van der Waals surface area contributed by atoms with Crippen LogP contribution in [0.25, 0.3) is 0 Å². The molecule has 0 aliphatic rings. The van der Waals surface area contributed by atoms with Crippen molar-refractivity contribution in [2.24, 2.45) is 11.7 Å². The lowest BCUT2D eigenvalue weighted by Crippen LogP contribution is -2.34. The fourth-order valence-corrected chi connectivity index (χ4v) is 0.632. The van der Waals surface area contributed by atoms with Gasteiger partial charge in [0.1, 0.15) is 6.04 Å². The molecule has 0 aromatic heterocycles. The third-order valence-electron chi connectivity index (χ3n) is 1.25. The molecule has 0 aliphatic carbocycles. The van der Waals surface area contributed by atoms with Crippen molar-refractivity contribution in [3.63, 3.8) is 0 Å². The largest absolute Gasteiger partial charge is 0.480 e. The van der Waals surface area contributed by atoms with Crippen LogP contribution in [0.3, 0.4) is 0 Å². The van der Waals surface area contributed by atoms with Crippen LogP contribution in [0.1, 0.15) is 20.8 Å². The molecule has 0 aromatic carbocycles. The molecule has 0 rings (SSSR count). The minimum atomic E-state index is -0.931. The summed E-state index contributed by atoms with van der Waals surface area (Å²) < 4.78 is 0. The van der Waals surface area contributed by atoms with Crippen molar-refractivity contribution in [1.29, 1.82) is 0 Å². The average molecular weight is 250 g/mol. The summed E-state index contributed by atoms with van der Waals surface area (Å²) in [6.45, 7) is 5.37. The van der Waals surface area contributed by atoms with Gasteiger partial charge in [-0.25, -0.2) is 0 Å². The van der Waals surface area contributed by atoms with Crippen LogP contribution in [-0.4, -0.2) is 22.4 Å². The molecule has 0 radical (unpaired) electrons. The van der Waals surface area contributed by atoms with E-state index in [4.69, 9.17) is 10.8 Å². The van der Waals surface area contributed by atoms with Crippen LogP contribution in [0.2, 0.25) is 0 Å². The Bertz CT molecular complexity index is 194. The number of halogens is 1.